The van der Waals surface area contributed by atoms with Gasteiger partial charge in [-0.25, -0.2) is 13.2 Å². The summed E-state index contributed by atoms with van der Waals surface area (Å²) in [5.74, 6) is -0.880. The van der Waals surface area contributed by atoms with Crippen molar-refractivity contribution in [1.82, 2.24) is 9.21 Å². The largest absolute Gasteiger partial charge is 0.475 e. The lowest BCUT2D eigenvalue weighted by Gasteiger charge is -2.34. The molecule has 130 valence electrons. The van der Waals surface area contributed by atoms with Crippen LogP contribution < -0.4 is 0 Å². The minimum atomic E-state index is -3.71. The topological polar surface area (TPSA) is 91.1 Å². The molecule has 2 rings (SSSR count). The Hall–Kier alpha value is -1.38. The average molecular weight is 344 g/mol. The second-order valence-electron chi connectivity index (χ2n) is 6.26. The van der Waals surface area contributed by atoms with E-state index < -0.39 is 16.0 Å². The number of piperazine rings is 1. The van der Waals surface area contributed by atoms with Gasteiger partial charge in [-0.2, -0.15) is 4.31 Å². The summed E-state index contributed by atoms with van der Waals surface area (Å²) in [6.45, 7) is 8.98. The minimum Gasteiger partial charge on any atom is -0.475 e. The summed E-state index contributed by atoms with van der Waals surface area (Å²) in [6.07, 6.45) is 1.09. The van der Waals surface area contributed by atoms with Gasteiger partial charge in [0.15, 0.2) is 0 Å². The Bertz CT molecular complexity index is 657. The van der Waals surface area contributed by atoms with Crippen LogP contribution in [0.2, 0.25) is 0 Å². The van der Waals surface area contributed by atoms with Gasteiger partial charge in [0.1, 0.15) is 10.7 Å². The minimum absolute atomic E-state index is 0.0504. The molecular weight excluding hydrogens is 320 g/mol. The first-order valence-electron chi connectivity index (χ1n) is 7.78. The molecule has 1 aliphatic rings. The highest BCUT2D eigenvalue weighted by molar-refractivity contribution is 7.89. The highest BCUT2D eigenvalue weighted by Crippen LogP contribution is 2.24. The van der Waals surface area contributed by atoms with Crippen LogP contribution in [0.3, 0.4) is 0 Å². The lowest BCUT2D eigenvalue weighted by Crippen LogP contribution is -2.48. The summed E-state index contributed by atoms with van der Waals surface area (Å²) in [4.78, 5) is 13.1. The molecule has 1 aromatic heterocycles. The van der Waals surface area contributed by atoms with Crippen LogP contribution in [0, 0.1) is 12.8 Å². The Morgan fingerprint density at radius 2 is 1.91 bits per heavy atom. The van der Waals surface area contributed by atoms with E-state index in [1.807, 2.05) is 0 Å². The molecule has 0 saturated carbocycles. The molecule has 1 N–H and O–H groups in total. The maximum absolute atomic E-state index is 12.7. The second-order valence-corrected chi connectivity index (χ2v) is 8.17. The SMILES string of the molecule is Cc1oc(C(=O)O)cc1S(=O)(=O)N1CCN(CCC(C)C)CC1. The maximum atomic E-state index is 12.7. The summed E-state index contributed by atoms with van der Waals surface area (Å²) < 4.78 is 31.8. The molecule has 2 heterocycles. The smallest absolute Gasteiger partial charge is 0.371 e. The third-order valence-corrected chi connectivity index (χ3v) is 6.06. The van der Waals surface area contributed by atoms with Crippen molar-refractivity contribution >= 4 is 16.0 Å². The Kier molecular flexibility index (Phi) is 5.49. The number of nitrogens with zero attached hydrogens (tertiary/aromatic N) is 2. The number of aryl methyl sites for hydroxylation is 1. The number of carbonyl (C=O) groups is 1. The van der Waals surface area contributed by atoms with Gasteiger partial charge in [-0.1, -0.05) is 13.8 Å². The number of hydrogen-bond acceptors (Lipinski definition) is 5. The molecule has 1 saturated heterocycles. The van der Waals surface area contributed by atoms with E-state index in [2.05, 4.69) is 18.7 Å². The summed E-state index contributed by atoms with van der Waals surface area (Å²) in [7, 11) is -3.71. The van der Waals surface area contributed by atoms with Gasteiger partial charge in [0.05, 0.1) is 0 Å². The molecule has 1 fully saturated rings. The number of carboxylic acid groups (broad SMARTS) is 1. The molecule has 1 aliphatic heterocycles. The van der Waals surface area contributed by atoms with Crippen molar-refractivity contribution < 1.29 is 22.7 Å². The second kappa shape index (κ2) is 7.02. The van der Waals surface area contributed by atoms with Crippen LogP contribution in [0.1, 0.15) is 36.6 Å². The van der Waals surface area contributed by atoms with Crippen LogP contribution >= 0.6 is 0 Å². The zero-order chi connectivity index (χ0) is 17.2. The van der Waals surface area contributed by atoms with E-state index in [0.29, 0.717) is 32.1 Å². The highest BCUT2D eigenvalue weighted by Gasteiger charge is 2.32. The van der Waals surface area contributed by atoms with E-state index in [1.165, 1.54) is 11.2 Å². The predicted octanol–water partition coefficient (Wildman–Crippen LogP) is 1.64. The van der Waals surface area contributed by atoms with Crippen molar-refractivity contribution in [1.29, 1.82) is 0 Å². The van der Waals surface area contributed by atoms with Gasteiger partial charge in [0.2, 0.25) is 15.8 Å². The molecule has 8 heteroatoms. The molecule has 1 aromatic rings. The van der Waals surface area contributed by atoms with Crippen molar-refractivity contribution in [3.8, 4) is 0 Å². The van der Waals surface area contributed by atoms with Crippen LogP contribution in [0.15, 0.2) is 15.4 Å². The molecule has 0 amide bonds. The van der Waals surface area contributed by atoms with Crippen LogP contribution in [0.5, 0.6) is 0 Å². The first-order valence-corrected chi connectivity index (χ1v) is 9.22. The standard InChI is InChI=1S/C15H24N2O5S/c1-11(2)4-5-16-6-8-17(9-7-16)23(20,21)14-10-13(15(18)19)22-12(14)3/h10-11H,4-9H2,1-3H3,(H,18,19). The number of aromatic carboxylic acids is 1. The van der Waals surface area contributed by atoms with E-state index >= 15 is 0 Å². The molecule has 0 unspecified atom stereocenters. The van der Waals surface area contributed by atoms with Crippen LogP contribution in [0.25, 0.3) is 0 Å². The summed E-state index contributed by atoms with van der Waals surface area (Å²) >= 11 is 0. The number of rotatable bonds is 6. The number of carboxylic acids is 1. The van der Waals surface area contributed by atoms with Gasteiger partial charge in [0.25, 0.3) is 0 Å². The monoisotopic (exact) mass is 344 g/mol. The fourth-order valence-electron chi connectivity index (χ4n) is 2.60. The lowest BCUT2D eigenvalue weighted by molar-refractivity contribution is 0.0661. The normalized spacial score (nSPS) is 17.7. The quantitative estimate of drug-likeness (QED) is 0.843. The van der Waals surface area contributed by atoms with Gasteiger partial charge in [0, 0.05) is 32.2 Å². The van der Waals surface area contributed by atoms with Crippen molar-refractivity contribution in [3.63, 3.8) is 0 Å². The molecule has 0 radical (unpaired) electrons. The fourth-order valence-corrected chi connectivity index (χ4v) is 4.18. The van der Waals surface area contributed by atoms with Crippen molar-refractivity contribution in [2.75, 3.05) is 32.7 Å². The molecule has 7 nitrogen and oxygen atoms in total. The molecule has 0 spiro atoms. The average Bonchev–Trinajstić information content (AvgIpc) is 2.88. The summed E-state index contributed by atoms with van der Waals surface area (Å²) in [5.41, 5.74) is 0. The van der Waals surface area contributed by atoms with Gasteiger partial charge in [-0.05, 0) is 25.8 Å². The van der Waals surface area contributed by atoms with Crippen LogP contribution in [0.4, 0.5) is 0 Å². The van der Waals surface area contributed by atoms with Gasteiger partial charge in [-0.3, -0.25) is 0 Å². The number of furan rings is 1. The first-order chi connectivity index (χ1) is 10.7. The molecule has 0 aromatic carbocycles. The Morgan fingerprint density at radius 1 is 1.30 bits per heavy atom. The highest BCUT2D eigenvalue weighted by atomic mass is 32.2. The van der Waals surface area contributed by atoms with Gasteiger partial charge in [-0.15, -0.1) is 0 Å². The number of sulfonamides is 1. The van der Waals surface area contributed by atoms with E-state index in [1.54, 1.807) is 0 Å². The zero-order valence-corrected chi connectivity index (χ0v) is 14.6. The van der Waals surface area contributed by atoms with E-state index in [-0.39, 0.29) is 16.4 Å². The Labute approximate surface area is 136 Å². The van der Waals surface area contributed by atoms with E-state index in [9.17, 15) is 13.2 Å². The molecule has 0 bridgehead atoms. The molecular formula is C15H24N2O5S. The van der Waals surface area contributed by atoms with Gasteiger partial charge < -0.3 is 14.4 Å². The lowest BCUT2D eigenvalue weighted by atomic mass is 10.1. The number of hydrogen-bond donors (Lipinski definition) is 1. The Balaban J connectivity index is 2.06. The third kappa shape index (κ3) is 4.13. The third-order valence-electron chi connectivity index (χ3n) is 4.05. The molecule has 23 heavy (non-hydrogen) atoms. The summed E-state index contributed by atoms with van der Waals surface area (Å²) in [5, 5.41) is 8.93. The maximum Gasteiger partial charge on any atom is 0.371 e. The predicted molar refractivity (Wildman–Crippen MR) is 85.1 cm³/mol. The van der Waals surface area contributed by atoms with Gasteiger partial charge >= 0.3 is 5.97 Å². The van der Waals surface area contributed by atoms with E-state index in [4.69, 9.17) is 9.52 Å². The van der Waals surface area contributed by atoms with Crippen molar-refractivity contribution in [3.05, 3.63) is 17.6 Å². The van der Waals surface area contributed by atoms with Crippen molar-refractivity contribution in [2.24, 2.45) is 5.92 Å². The summed E-state index contributed by atoms with van der Waals surface area (Å²) in [6, 6.07) is 1.10. The van der Waals surface area contributed by atoms with Crippen molar-refractivity contribution in [2.45, 2.75) is 32.1 Å². The van der Waals surface area contributed by atoms with E-state index in [0.717, 1.165) is 19.0 Å². The molecule has 0 aliphatic carbocycles. The zero-order valence-electron chi connectivity index (χ0n) is 13.8. The fraction of sp³-hybridized carbons (Fsp3) is 0.667. The Morgan fingerprint density at radius 3 is 2.39 bits per heavy atom. The van der Waals surface area contributed by atoms with Crippen LogP contribution in [-0.4, -0.2) is 61.4 Å². The first kappa shape index (κ1) is 18.0. The molecule has 0 atom stereocenters. The van der Waals surface area contributed by atoms with Crippen LogP contribution in [-0.2, 0) is 10.0 Å².